The lowest BCUT2D eigenvalue weighted by molar-refractivity contribution is -0.0697. The monoisotopic (exact) mass is 360 g/mol. The minimum Gasteiger partial charge on any atom is -0.513 e. The fraction of sp³-hybridized carbons (Fsp3) is 0.278. The number of halogens is 1. The quantitative estimate of drug-likeness (QED) is 0.756. The van der Waals surface area contributed by atoms with Crippen LogP contribution in [0.3, 0.4) is 0 Å². The summed E-state index contributed by atoms with van der Waals surface area (Å²) < 4.78 is 6.19. The Balaban J connectivity index is 1.84. The number of fused-ring (bicyclic) bond motifs is 3. The van der Waals surface area contributed by atoms with Crippen molar-refractivity contribution in [3.63, 3.8) is 0 Å². The van der Waals surface area contributed by atoms with E-state index < -0.39 is 5.72 Å². The number of thiophene rings is 1. The van der Waals surface area contributed by atoms with Crippen molar-refractivity contribution in [3.05, 3.63) is 63.0 Å². The predicted molar refractivity (Wildman–Crippen MR) is 96.9 cm³/mol. The third kappa shape index (κ3) is 2.48. The Morgan fingerprint density at radius 1 is 1.50 bits per heavy atom. The van der Waals surface area contributed by atoms with E-state index >= 15 is 0 Å². The molecule has 0 unspecified atom stereocenters. The number of allylic oxidation sites excluding steroid dienone is 1. The summed E-state index contributed by atoms with van der Waals surface area (Å²) in [6.45, 7) is 3.55. The molecule has 24 heavy (non-hydrogen) atoms. The number of aliphatic hydroxyl groups is 1. The van der Waals surface area contributed by atoms with E-state index in [1.165, 1.54) is 0 Å². The highest BCUT2D eigenvalue weighted by Crippen LogP contribution is 2.48. The van der Waals surface area contributed by atoms with Crippen LogP contribution in [0.4, 0.5) is 0 Å². The van der Waals surface area contributed by atoms with E-state index in [0.29, 0.717) is 5.02 Å². The van der Waals surface area contributed by atoms with E-state index in [1.807, 2.05) is 41.6 Å². The van der Waals surface area contributed by atoms with Crippen LogP contribution in [0, 0.1) is 0 Å². The fourth-order valence-electron chi connectivity index (χ4n) is 3.38. The zero-order chi connectivity index (χ0) is 16.9. The highest BCUT2D eigenvalue weighted by atomic mass is 35.5. The van der Waals surface area contributed by atoms with Gasteiger partial charge in [-0.1, -0.05) is 17.7 Å². The van der Waals surface area contributed by atoms with Crippen LogP contribution in [-0.2, 0) is 0 Å². The molecular formula is C18H17ClN2O2S. The second-order valence-electron chi connectivity index (χ2n) is 6.21. The molecule has 0 amide bonds. The van der Waals surface area contributed by atoms with Gasteiger partial charge in [0.2, 0.25) is 5.72 Å². The summed E-state index contributed by atoms with van der Waals surface area (Å²) >= 11 is 7.87. The molecule has 0 saturated heterocycles. The molecule has 6 heteroatoms. The van der Waals surface area contributed by atoms with Gasteiger partial charge < -0.3 is 9.84 Å². The van der Waals surface area contributed by atoms with Gasteiger partial charge in [0.1, 0.15) is 5.75 Å². The zero-order valence-electron chi connectivity index (χ0n) is 13.4. The highest BCUT2D eigenvalue weighted by Gasteiger charge is 2.47. The number of rotatable bonds is 2. The first-order chi connectivity index (χ1) is 11.5. The Kier molecular flexibility index (Phi) is 3.58. The molecule has 4 rings (SSSR count). The van der Waals surface area contributed by atoms with Gasteiger partial charge in [0.05, 0.1) is 22.4 Å². The van der Waals surface area contributed by atoms with Crippen molar-refractivity contribution >= 4 is 28.6 Å². The number of hydrogen-bond acceptors (Lipinski definition) is 5. The zero-order valence-corrected chi connectivity index (χ0v) is 14.9. The minimum absolute atomic E-state index is 0.0325. The van der Waals surface area contributed by atoms with Crippen molar-refractivity contribution in [2.45, 2.75) is 32.0 Å². The van der Waals surface area contributed by atoms with Crippen molar-refractivity contribution in [1.29, 1.82) is 0 Å². The normalized spacial score (nSPS) is 25.8. The number of nitrogens with zero attached hydrogens (tertiary/aromatic N) is 2. The van der Waals surface area contributed by atoms with Gasteiger partial charge in [-0.25, -0.2) is 5.01 Å². The summed E-state index contributed by atoms with van der Waals surface area (Å²) in [5.41, 5.74) is 1.21. The second-order valence-corrected chi connectivity index (χ2v) is 7.60. The van der Waals surface area contributed by atoms with E-state index in [4.69, 9.17) is 21.4 Å². The first-order valence-corrected chi connectivity index (χ1v) is 8.99. The van der Waals surface area contributed by atoms with Gasteiger partial charge in [-0.3, -0.25) is 0 Å². The molecule has 0 radical (unpaired) electrons. The summed E-state index contributed by atoms with van der Waals surface area (Å²) in [5, 5.41) is 19.3. The van der Waals surface area contributed by atoms with Crippen molar-refractivity contribution < 1.29 is 9.84 Å². The van der Waals surface area contributed by atoms with Gasteiger partial charge >= 0.3 is 0 Å². The Bertz CT molecular complexity index is 843. The van der Waals surface area contributed by atoms with Crippen LogP contribution in [0.25, 0.3) is 0 Å². The summed E-state index contributed by atoms with van der Waals surface area (Å²) in [4.78, 5) is 1.15. The van der Waals surface area contributed by atoms with Gasteiger partial charge in [-0.05, 0) is 36.6 Å². The Labute approximate surface area is 149 Å². The van der Waals surface area contributed by atoms with Crippen LogP contribution in [0.2, 0.25) is 5.02 Å². The molecule has 2 aliphatic heterocycles. The molecule has 2 aliphatic rings. The molecule has 1 N–H and O–H groups in total. The van der Waals surface area contributed by atoms with E-state index in [9.17, 15) is 5.11 Å². The van der Waals surface area contributed by atoms with Crippen LogP contribution < -0.4 is 4.74 Å². The Hall–Kier alpha value is -1.98. The van der Waals surface area contributed by atoms with Crippen molar-refractivity contribution in [1.82, 2.24) is 5.01 Å². The lowest BCUT2D eigenvalue weighted by atomic mass is 9.96. The van der Waals surface area contributed by atoms with E-state index in [0.717, 1.165) is 28.3 Å². The fourth-order valence-corrected chi connectivity index (χ4v) is 4.28. The van der Waals surface area contributed by atoms with Crippen LogP contribution in [0.5, 0.6) is 5.75 Å². The average Bonchev–Trinajstić information content (AvgIpc) is 3.16. The number of ether oxygens (including phenoxy) is 1. The Morgan fingerprint density at radius 3 is 3.04 bits per heavy atom. The van der Waals surface area contributed by atoms with Crippen LogP contribution in [0.15, 0.2) is 52.6 Å². The van der Waals surface area contributed by atoms with Crippen molar-refractivity contribution in [3.8, 4) is 5.75 Å². The lowest BCUT2D eigenvalue weighted by Gasteiger charge is -2.44. The molecule has 0 bridgehead atoms. The standard InChI is InChI=1S/C18H17ClN2O2S/c1-11(22)10-18(2)21-15(9-14(20-21)17-4-3-7-24-17)13-8-12(19)5-6-16(13)23-18/h3-8,10,15,22H,9H2,1-2H3/b11-10+/t15-,18+/m0/s1. The summed E-state index contributed by atoms with van der Waals surface area (Å²) in [6.07, 6.45) is 2.48. The number of aliphatic hydroxyl groups excluding tert-OH is 1. The van der Waals surface area contributed by atoms with E-state index in [2.05, 4.69) is 6.07 Å². The highest BCUT2D eigenvalue weighted by molar-refractivity contribution is 7.12. The SMILES string of the molecule is C/C(O)=C\[C@@]1(C)Oc2ccc(Cl)cc2[C@@H]2CC(c3cccs3)=NN21. The molecule has 1 aromatic heterocycles. The molecule has 124 valence electrons. The lowest BCUT2D eigenvalue weighted by Crippen LogP contribution is -2.50. The van der Waals surface area contributed by atoms with Gasteiger partial charge in [-0.2, -0.15) is 5.10 Å². The summed E-state index contributed by atoms with van der Waals surface area (Å²) in [7, 11) is 0. The second kappa shape index (κ2) is 5.53. The molecule has 2 atom stereocenters. The van der Waals surface area contributed by atoms with E-state index in [1.54, 1.807) is 24.3 Å². The molecule has 3 heterocycles. The van der Waals surface area contributed by atoms with Crippen molar-refractivity contribution in [2.75, 3.05) is 0 Å². The minimum atomic E-state index is -0.844. The molecule has 0 spiro atoms. The summed E-state index contributed by atoms with van der Waals surface area (Å²) in [6, 6.07) is 9.78. The molecule has 0 aliphatic carbocycles. The Morgan fingerprint density at radius 2 is 2.33 bits per heavy atom. The third-order valence-electron chi connectivity index (χ3n) is 4.29. The maximum absolute atomic E-state index is 9.82. The van der Waals surface area contributed by atoms with Crippen LogP contribution in [0.1, 0.15) is 36.8 Å². The topological polar surface area (TPSA) is 45.1 Å². The number of hydrogen-bond donors (Lipinski definition) is 1. The average molecular weight is 361 g/mol. The predicted octanol–water partition coefficient (Wildman–Crippen LogP) is 5.12. The first-order valence-electron chi connectivity index (χ1n) is 7.74. The maximum Gasteiger partial charge on any atom is 0.218 e. The maximum atomic E-state index is 9.82. The van der Waals surface area contributed by atoms with Gasteiger partial charge in [0, 0.05) is 30.0 Å². The van der Waals surface area contributed by atoms with Gasteiger partial charge in [0.25, 0.3) is 0 Å². The van der Waals surface area contributed by atoms with Gasteiger partial charge in [0.15, 0.2) is 0 Å². The number of hydrazone groups is 1. The smallest absolute Gasteiger partial charge is 0.218 e. The van der Waals surface area contributed by atoms with Crippen LogP contribution in [-0.4, -0.2) is 21.6 Å². The molecule has 2 aromatic rings. The number of benzene rings is 1. The molecule has 0 fully saturated rings. The molecule has 1 aromatic carbocycles. The third-order valence-corrected chi connectivity index (χ3v) is 5.45. The van der Waals surface area contributed by atoms with Crippen molar-refractivity contribution in [2.24, 2.45) is 5.10 Å². The summed E-state index contributed by atoms with van der Waals surface area (Å²) in [5.74, 6) is 0.983. The molecule has 4 nitrogen and oxygen atoms in total. The first kappa shape index (κ1) is 15.5. The van der Waals surface area contributed by atoms with Gasteiger partial charge in [-0.15, -0.1) is 11.3 Å². The molecule has 0 saturated carbocycles. The van der Waals surface area contributed by atoms with E-state index in [-0.39, 0.29) is 11.8 Å². The molecular weight excluding hydrogens is 344 g/mol. The largest absolute Gasteiger partial charge is 0.513 e. The van der Waals surface area contributed by atoms with Crippen LogP contribution >= 0.6 is 22.9 Å².